The van der Waals surface area contributed by atoms with E-state index in [0.29, 0.717) is 0 Å². The fourth-order valence-corrected chi connectivity index (χ4v) is 1.97. The number of ether oxygens (including phenoxy) is 1. The molecule has 0 aromatic heterocycles. The molecular formula is C15H24FNO2. The zero-order valence-corrected chi connectivity index (χ0v) is 11.8. The second-order valence-electron chi connectivity index (χ2n) is 4.71. The molecule has 1 aromatic rings. The van der Waals surface area contributed by atoms with Crippen LogP contribution in [0.25, 0.3) is 0 Å². The molecule has 0 saturated heterocycles. The number of nitrogens with one attached hydrogen (secondary N) is 1. The zero-order valence-electron chi connectivity index (χ0n) is 11.8. The summed E-state index contributed by atoms with van der Waals surface area (Å²) in [6, 6.07) is 5.13. The van der Waals surface area contributed by atoms with Crippen LogP contribution in [0.4, 0.5) is 4.39 Å². The summed E-state index contributed by atoms with van der Waals surface area (Å²) < 4.78 is 18.3. The topological polar surface area (TPSA) is 41.5 Å². The number of unbranched alkanes of at least 4 members (excludes halogenated alkanes) is 3. The van der Waals surface area contributed by atoms with Crippen LogP contribution in [0.3, 0.4) is 0 Å². The van der Waals surface area contributed by atoms with E-state index in [9.17, 15) is 4.39 Å². The molecule has 4 heteroatoms. The van der Waals surface area contributed by atoms with Gasteiger partial charge in [0.1, 0.15) is 0 Å². The van der Waals surface area contributed by atoms with Gasteiger partial charge in [0.05, 0.1) is 7.11 Å². The third-order valence-corrected chi connectivity index (χ3v) is 3.21. The molecule has 0 radical (unpaired) electrons. The summed E-state index contributed by atoms with van der Waals surface area (Å²) in [6.07, 6.45) is 4.15. The van der Waals surface area contributed by atoms with Crippen molar-refractivity contribution in [1.29, 1.82) is 0 Å². The SMILES string of the molecule is COc1cc(C(C)NCCCCCCO)ccc1F. The summed E-state index contributed by atoms with van der Waals surface area (Å²) >= 11 is 0. The van der Waals surface area contributed by atoms with Crippen LogP contribution >= 0.6 is 0 Å². The smallest absolute Gasteiger partial charge is 0.165 e. The Balaban J connectivity index is 2.34. The van der Waals surface area contributed by atoms with Gasteiger partial charge in [-0.05, 0) is 44.0 Å². The Morgan fingerprint density at radius 2 is 2.00 bits per heavy atom. The Morgan fingerprint density at radius 3 is 2.68 bits per heavy atom. The average molecular weight is 269 g/mol. The van der Waals surface area contributed by atoms with E-state index in [1.165, 1.54) is 13.2 Å². The summed E-state index contributed by atoms with van der Waals surface area (Å²) in [5.41, 5.74) is 1.02. The number of rotatable bonds is 9. The van der Waals surface area contributed by atoms with Gasteiger partial charge in [-0.3, -0.25) is 0 Å². The van der Waals surface area contributed by atoms with Crippen molar-refractivity contribution in [3.8, 4) is 5.75 Å². The predicted octanol–water partition coefficient (Wildman–Crippen LogP) is 3.04. The van der Waals surface area contributed by atoms with Crippen LogP contribution in [0.2, 0.25) is 0 Å². The van der Waals surface area contributed by atoms with E-state index >= 15 is 0 Å². The number of halogens is 1. The average Bonchev–Trinajstić information content (AvgIpc) is 2.43. The maximum absolute atomic E-state index is 13.3. The number of aliphatic hydroxyl groups excluding tert-OH is 1. The lowest BCUT2D eigenvalue weighted by molar-refractivity contribution is 0.282. The van der Waals surface area contributed by atoms with Crippen molar-refractivity contribution in [3.05, 3.63) is 29.6 Å². The molecule has 0 spiro atoms. The van der Waals surface area contributed by atoms with Crippen molar-refractivity contribution < 1.29 is 14.2 Å². The summed E-state index contributed by atoms with van der Waals surface area (Å²) in [4.78, 5) is 0. The fourth-order valence-electron chi connectivity index (χ4n) is 1.97. The molecule has 0 saturated carbocycles. The normalized spacial score (nSPS) is 12.4. The lowest BCUT2D eigenvalue weighted by atomic mass is 10.1. The van der Waals surface area contributed by atoms with Gasteiger partial charge in [0.15, 0.2) is 11.6 Å². The highest BCUT2D eigenvalue weighted by atomic mass is 19.1. The Kier molecular flexibility index (Phi) is 7.45. The first kappa shape index (κ1) is 15.9. The molecular weight excluding hydrogens is 245 g/mol. The third kappa shape index (κ3) is 5.57. The summed E-state index contributed by atoms with van der Waals surface area (Å²) in [5.74, 6) is -0.0449. The number of methoxy groups -OCH3 is 1. The Labute approximate surface area is 114 Å². The quantitative estimate of drug-likeness (QED) is 0.677. The van der Waals surface area contributed by atoms with Gasteiger partial charge in [-0.15, -0.1) is 0 Å². The van der Waals surface area contributed by atoms with Gasteiger partial charge in [0, 0.05) is 12.6 Å². The summed E-state index contributed by atoms with van der Waals surface area (Å²) in [5, 5.41) is 12.1. The largest absolute Gasteiger partial charge is 0.494 e. The maximum Gasteiger partial charge on any atom is 0.165 e. The zero-order chi connectivity index (χ0) is 14.1. The van der Waals surface area contributed by atoms with Crippen molar-refractivity contribution in [2.75, 3.05) is 20.3 Å². The van der Waals surface area contributed by atoms with E-state index in [0.717, 1.165) is 37.8 Å². The summed E-state index contributed by atoms with van der Waals surface area (Å²) in [6.45, 7) is 3.26. The molecule has 1 aromatic carbocycles. The van der Waals surface area contributed by atoms with Crippen molar-refractivity contribution in [2.45, 2.75) is 38.6 Å². The lowest BCUT2D eigenvalue weighted by Gasteiger charge is -2.15. The Hall–Kier alpha value is -1.13. The van der Waals surface area contributed by atoms with Gasteiger partial charge in [-0.2, -0.15) is 0 Å². The number of hydrogen-bond acceptors (Lipinski definition) is 3. The number of aliphatic hydroxyl groups is 1. The lowest BCUT2D eigenvalue weighted by Crippen LogP contribution is -2.20. The van der Waals surface area contributed by atoms with E-state index in [1.807, 2.05) is 0 Å². The molecule has 19 heavy (non-hydrogen) atoms. The second kappa shape index (κ2) is 8.88. The summed E-state index contributed by atoms with van der Waals surface area (Å²) in [7, 11) is 1.47. The molecule has 1 atom stereocenters. The molecule has 3 nitrogen and oxygen atoms in total. The predicted molar refractivity (Wildman–Crippen MR) is 74.9 cm³/mol. The van der Waals surface area contributed by atoms with E-state index in [2.05, 4.69) is 12.2 Å². The van der Waals surface area contributed by atoms with Crippen LogP contribution in [0.1, 0.15) is 44.2 Å². The van der Waals surface area contributed by atoms with Crippen LogP contribution in [-0.2, 0) is 0 Å². The molecule has 0 aliphatic heterocycles. The van der Waals surface area contributed by atoms with Crippen LogP contribution in [-0.4, -0.2) is 25.4 Å². The molecule has 0 heterocycles. The van der Waals surface area contributed by atoms with E-state index in [4.69, 9.17) is 9.84 Å². The minimum atomic E-state index is -0.331. The molecule has 0 aliphatic rings. The van der Waals surface area contributed by atoms with Crippen LogP contribution in [0, 0.1) is 5.82 Å². The van der Waals surface area contributed by atoms with Gasteiger partial charge in [-0.25, -0.2) is 4.39 Å². The Bertz CT molecular complexity index is 371. The molecule has 0 amide bonds. The number of benzene rings is 1. The molecule has 2 N–H and O–H groups in total. The van der Waals surface area contributed by atoms with Crippen molar-refractivity contribution in [1.82, 2.24) is 5.32 Å². The minimum absolute atomic E-state index is 0.173. The van der Waals surface area contributed by atoms with Gasteiger partial charge >= 0.3 is 0 Å². The van der Waals surface area contributed by atoms with Crippen LogP contribution < -0.4 is 10.1 Å². The van der Waals surface area contributed by atoms with Crippen molar-refractivity contribution in [2.24, 2.45) is 0 Å². The van der Waals surface area contributed by atoms with Gasteiger partial charge in [0.2, 0.25) is 0 Å². The van der Waals surface area contributed by atoms with Crippen LogP contribution in [0.5, 0.6) is 5.75 Å². The first-order valence-electron chi connectivity index (χ1n) is 6.86. The maximum atomic E-state index is 13.3. The molecule has 1 rings (SSSR count). The Morgan fingerprint density at radius 1 is 1.26 bits per heavy atom. The minimum Gasteiger partial charge on any atom is -0.494 e. The van der Waals surface area contributed by atoms with Crippen molar-refractivity contribution >= 4 is 0 Å². The molecule has 1 unspecified atom stereocenters. The van der Waals surface area contributed by atoms with Crippen molar-refractivity contribution in [3.63, 3.8) is 0 Å². The fraction of sp³-hybridized carbons (Fsp3) is 0.600. The molecule has 108 valence electrons. The first-order chi connectivity index (χ1) is 9.19. The molecule has 0 bridgehead atoms. The van der Waals surface area contributed by atoms with E-state index in [1.54, 1.807) is 12.1 Å². The van der Waals surface area contributed by atoms with E-state index < -0.39 is 0 Å². The molecule has 0 aliphatic carbocycles. The third-order valence-electron chi connectivity index (χ3n) is 3.21. The van der Waals surface area contributed by atoms with Gasteiger partial charge < -0.3 is 15.2 Å². The van der Waals surface area contributed by atoms with Gasteiger partial charge in [-0.1, -0.05) is 18.9 Å². The highest BCUT2D eigenvalue weighted by Crippen LogP contribution is 2.22. The molecule has 0 fully saturated rings. The highest BCUT2D eigenvalue weighted by Gasteiger charge is 2.08. The highest BCUT2D eigenvalue weighted by molar-refractivity contribution is 5.31. The van der Waals surface area contributed by atoms with E-state index in [-0.39, 0.29) is 24.2 Å². The first-order valence-corrected chi connectivity index (χ1v) is 6.86. The number of hydrogen-bond donors (Lipinski definition) is 2. The standard InChI is InChI=1S/C15H24FNO2/c1-12(17-9-5-3-4-6-10-18)13-7-8-14(16)15(11-13)19-2/h7-8,11-12,17-18H,3-6,9-10H2,1-2H3. The van der Waals surface area contributed by atoms with Crippen LogP contribution in [0.15, 0.2) is 18.2 Å². The van der Waals surface area contributed by atoms with Gasteiger partial charge in [0.25, 0.3) is 0 Å². The second-order valence-corrected chi connectivity index (χ2v) is 4.71. The monoisotopic (exact) mass is 269 g/mol.